The lowest BCUT2D eigenvalue weighted by Gasteiger charge is -2.27. The van der Waals surface area contributed by atoms with Crippen molar-refractivity contribution in [3.63, 3.8) is 0 Å². The van der Waals surface area contributed by atoms with E-state index in [-0.39, 0.29) is 12.0 Å². The minimum absolute atomic E-state index is 0.112. The molecule has 0 aromatic carbocycles. The molecule has 0 spiro atoms. The van der Waals surface area contributed by atoms with Gasteiger partial charge in [-0.2, -0.15) is 0 Å². The summed E-state index contributed by atoms with van der Waals surface area (Å²) in [6.07, 6.45) is 4.76. The van der Waals surface area contributed by atoms with Gasteiger partial charge in [0.05, 0.1) is 0 Å². The van der Waals surface area contributed by atoms with E-state index in [9.17, 15) is 4.79 Å². The summed E-state index contributed by atoms with van der Waals surface area (Å²) in [5.74, 6) is 0.270. The molecule has 0 amide bonds. The monoisotopic (exact) mass is 126 g/mol. The van der Waals surface area contributed by atoms with Gasteiger partial charge < -0.3 is 10.5 Å². The zero-order valence-corrected chi connectivity index (χ0v) is 5.47. The molecule has 0 aromatic heterocycles. The summed E-state index contributed by atoms with van der Waals surface area (Å²) in [4.78, 5) is 10.2. The van der Waals surface area contributed by atoms with Gasteiger partial charge in [0.2, 0.25) is 0 Å². The highest BCUT2D eigenvalue weighted by Crippen LogP contribution is 2.23. The van der Waals surface area contributed by atoms with Crippen LogP contribution in [0.5, 0.6) is 0 Å². The Labute approximate surface area is 55.4 Å². The molecule has 1 saturated carbocycles. The largest absolute Gasteiger partial charge is 0.675 e. The lowest BCUT2D eigenvalue weighted by Crippen LogP contribution is -2.15. The molecule has 52 valence electrons. The number of nitrogens with one attached hydrogen (secondary N) is 1. The summed E-state index contributed by atoms with van der Waals surface area (Å²) >= 11 is 0. The van der Waals surface area contributed by atoms with Crippen LogP contribution < -0.4 is 0 Å². The fourth-order valence-electron chi connectivity index (χ4n) is 1.26. The Kier molecular flexibility index (Phi) is 2.22. The molecule has 0 bridgehead atoms. The predicted octanol–water partition coefficient (Wildman–Crippen LogP) is 1.80. The molecule has 0 radical (unpaired) electrons. The first-order valence-electron chi connectivity index (χ1n) is 3.49. The zero-order chi connectivity index (χ0) is 6.69. The molecule has 1 rings (SSSR count). The van der Waals surface area contributed by atoms with Crippen molar-refractivity contribution in [2.45, 2.75) is 31.7 Å². The summed E-state index contributed by atoms with van der Waals surface area (Å²) in [5, 5.41) is 0. The summed E-state index contributed by atoms with van der Waals surface area (Å²) in [6.45, 7) is 0. The van der Waals surface area contributed by atoms with Gasteiger partial charge >= 0.3 is 0 Å². The van der Waals surface area contributed by atoms with Crippen LogP contribution in [0.25, 0.3) is 5.73 Å². The van der Waals surface area contributed by atoms with Gasteiger partial charge in [0.25, 0.3) is 0 Å². The first-order valence-corrected chi connectivity index (χ1v) is 3.49. The first kappa shape index (κ1) is 6.75. The van der Waals surface area contributed by atoms with Gasteiger partial charge in [-0.1, -0.05) is 12.8 Å². The third-order valence-electron chi connectivity index (χ3n) is 1.96. The van der Waals surface area contributed by atoms with Crippen molar-refractivity contribution in [2.75, 3.05) is 0 Å². The molecule has 2 heteroatoms. The second-order valence-electron chi connectivity index (χ2n) is 2.75. The molecule has 0 heterocycles. The molecule has 1 fully saturated rings. The van der Waals surface area contributed by atoms with Crippen LogP contribution >= 0.6 is 0 Å². The van der Waals surface area contributed by atoms with Crippen LogP contribution in [0, 0.1) is 5.92 Å². The highest BCUT2D eigenvalue weighted by Gasteiger charge is 2.13. The van der Waals surface area contributed by atoms with E-state index < -0.39 is 0 Å². The van der Waals surface area contributed by atoms with Gasteiger partial charge in [-0.3, -0.25) is 0 Å². The number of carbonyl (C=O) groups excluding carboxylic acids is 1. The number of aldehydes is 1. The van der Waals surface area contributed by atoms with Crippen LogP contribution in [0.15, 0.2) is 0 Å². The highest BCUT2D eigenvalue weighted by molar-refractivity contribution is 5.53. The van der Waals surface area contributed by atoms with E-state index in [0.717, 1.165) is 32.0 Å². The molecule has 9 heavy (non-hydrogen) atoms. The quantitative estimate of drug-likeness (QED) is 0.494. The van der Waals surface area contributed by atoms with Crippen LogP contribution in [0.1, 0.15) is 25.7 Å². The molecule has 1 aliphatic carbocycles. The average molecular weight is 126 g/mol. The van der Waals surface area contributed by atoms with E-state index in [1.807, 2.05) is 0 Å². The Balaban J connectivity index is 2.26. The molecule has 0 atom stereocenters. The predicted molar refractivity (Wildman–Crippen MR) is 36.1 cm³/mol. The Morgan fingerprint density at radius 1 is 1.22 bits per heavy atom. The molecule has 1 N–H and O–H groups in total. The Morgan fingerprint density at radius 3 is 2.22 bits per heavy atom. The van der Waals surface area contributed by atoms with Crippen molar-refractivity contribution >= 4 is 6.29 Å². The Morgan fingerprint density at radius 2 is 1.78 bits per heavy atom. The van der Waals surface area contributed by atoms with E-state index in [2.05, 4.69) is 0 Å². The molecule has 0 unspecified atom stereocenters. The van der Waals surface area contributed by atoms with Gasteiger partial charge in [-0.05, 0) is 12.8 Å². The maximum absolute atomic E-state index is 10.2. The lowest BCUT2D eigenvalue weighted by molar-refractivity contribution is -0.111. The Hall–Kier alpha value is -0.370. The minimum Gasteiger partial charge on any atom is -0.675 e. The fourth-order valence-corrected chi connectivity index (χ4v) is 1.26. The van der Waals surface area contributed by atoms with Gasteiger partial charge in [-0.15, -0.1) is 6.04 Å². The fraction of sp³-hybridized carbons (Fsp3) is 0.857. The number of rotatable bonds is 1. The molecular formula is C7H12NO-. The van der Waals surface area contributed by atoms with Gasteiger partial charge in [0, 0.05) is 5.92 Å². The van der Waals surface area contributed by atoms with Crippen molar-refractivity contribution in [1.82, 2.24) is 0 Å². The van der Waals surface area contributed by atoms with Crippen molar-refractivity contribution in [2.24, 2.45) is 5.92 Å². The number of hydrogen-bond acceptors (Lipinski definition) is 1. The third kappa shape index (κ3) is 1.79. The molecule has 0 aromatic rings. The van der Waals surface area contributed by atoms with Crippen LogP contribution in [0.2, 0.25) is 0 Å². The van der Waals surface area contributed by atoms with Crippen molar-refractivity contribution < 1.29 is 4.79 Å². The standard InChI is InChI=1S/C7H12NO/c8-7-3-1-6(5-9)2-4-7/h5-8H,1-4H2/q-1. The van der Waals surface area contributed by atoms with E-state index in [4.69, 9.17) is 5.73 Å². The second-order valence-corrected chi connectivity index (χ2v) is 2.75. The summed E-state index contributed by atoms with van der Waals surface area (Å²) in [6, 6.07) is 0.112. The van der Waals surface area contributed by atoms with Crippen LogP contribution in [-0.2, 0) is 4.79 Å². The van der Waals surface area contributed by atoms with Crippen LogP contribution in [0.4, 0.5) is 0 Å². The molecular weight excluding hydrogens is 114 g/mol. The van der Waals surface area contributed by atoms with E-state index in [0.29, 0.717) is 0 Å². The molecule has 0 saturated heterocycles. The third-order valence-corrected chi connectivity index (χ3v) is 1.96. The summed E-state index contributed by atoms with van der Waals surface area (Å²) in [7, 11) is 0. The summed E-state index contributed by atoms with van der Waals surface area (Å²) < 4.78 is 0. The van der Waals surface area contributed by atoms with Gasteiger partial charge in [0.1, 0.15) is 6.29 Å². The molecule has 1 aliphatic rings. The molecule has 0 aliphatic heterocycles. The lowest BCUT2D eigenvalue weighted by atomic mass is 9.88. The SMILES string of the molecule is [NH-]C1CCC(C=O)CC1. The van der Waals surface area contributed by atoms with Crippen LogP contribution in [0.3, 0.4) is 0 Å². The average Bonchev–Trinajstić information content (AvgIpc) is 1.90. The second kappa shape index (κ2) is 2.97. The number of carbonyl (C=O) groups is 1. The van der Waals surface area contributed by atoms with Crippen molar-refractivity contribution in [3.05, 3.63) is 5.73 Å². The smallest absolute Gasteiger partial charge is 0.123 e. The van der Waals surface area contributed by atoms with E-state index in [1.54, 1.807) is 0 Å². The summed E-state index contributed by atoms with van der Waals surface area (Å²) in [5.41, 5.74) is 7.32. The molecule has 2 nitrogen and oxygen atoms in total. The minimum atomic E-state index is 0.112. The maximum atomic E-state index is 10.2. The topological polar surface area (TPSA) is 40.9 Å². The van der Waals surface area contributed by atoms with Crippen LogP contribution in [-0.4, -0.2) is 12.3 Å². The Bertz CT molecular complexity index is 95.1. The van der Waals surface area contributed by atoms with Crippen molar-refractivity contribution in [1.29, 1.82) is 0 Å². The normalized spacial score (nSPS) is 36.1. The zero-order valence-electron chi connectivity index (χ0n) is 5.47. The van der Waals surface area contributed by atoms with Gasteiger partial charge in [-0.25, -0.2) is 0 Å². The van der Waals surface area contributed by atoms with Gasteiger partial charge in [0.15, 0.2) is 0 Å². The van der Waals surface area contributed by atoms with Crippen molar-refractivity contribution in [3.8, 4) is 0 Å². The van der Waals surface area contributed by atoms with E-state index >= 15 is 0 Å². The van der Waals surface area contributed by atoms with E-state index in [1.165, 1.54) is 0 Å². The highest BCUT2D eigenvalue weighted by atomic mass is 16.1. The number of hydrogen-bond donors (Lipinski definition) is 0. The first-order chi connectivity index (χ1) is 4.33. The maximum Gasteiger partial charge on any atom is 0.123 e.